The van der Waals surface area contributed by atoms with E-state index in [0.717, 1.165) is 12.8 Å². The molecule has 0 saturated heterocycles. The Morgan fingerprint density at radius 3 is 1.51 bits per heavy atom. The number of unbranched alkanes of at least 4 members (excludes halogenated alkanes) is 16. The van der Waals surface area contributed by atoms with E-state index < -0.39 is 13.9 Å². The van der Waals surface area contributed by atoms with Gasteiger partial charge in [-0.2, -0.15) is 0 Å². The monoisotopic (exact) mass is 518 g/mol. The molecule has 6 heteroatoms. The van der Waals surface area contributed by atoms with Crippen molar-refractivity contribution in [1.29, 1.82) is 0 Å². The highest BCUT2D eigenvalue weighted by atomic mass is 31.2. The number of allylic oxidation sites excluding steroid dienone is 2. The molecule has 0 aliphatic heterocycles. The van der Waals surface area contributed by atoms with Gasteiger partial charge < -0.3 is 14.3 Å². The molecule has 0 bridgehead atoms. The molecule has 1 atom stereocenters. The van der Waals surface area contributed by atoms with Crippen molar-refractivity contribution in [2.45, 2.75) is 155 Å². The number of hydrogen-bond acceptors (Lipinski definition) is 2. The molecule has 0 aliphatic carbocycles. The second kappa shape index (κ2) is 21.9. The molecule has 2 N–H and O–H groups in total. The van der Waals surface area contributed by atoms with Gasteiger partial charge in [0.15, 0.2) is 0 Å². The summed E-state index contributed by atoms with van der Waals surface area (Å²) >= 11 is 0. The predicted molar refractivity (Wildman–Crippen MR) is 152 cm³/mol. The fourth-order valence-corrected chi connectivity index (χ4v) is 4.99. The van der Waals surface area contributed by atoms with Crippen LogP contribution in [0.25, 0.3) is 0 Å². The number of quaternary nitrogens is 1. The molecule has 210 valence electrons. The molecule has 0 aromatic heterocycles. The second-order valence-corrected chi connectivity index (χ2v) is 12.6. The predicted octanol–water partition coefficient (Wildman–Crippen LogP) is 8.94. The van der Waals surface area contributed by atoms with Crippen LogP contribution in [0.5, 0.6) is 0 Å². The summed E-state index contributed by atoms with van der Waals surface area (Å²) < 4.78 is 17.2. The lowest BCUT2D eigenvalue weighted by Crippen LogP contribution is -2.50. The van der Waals surface area contributed by atoms with Gasteiger partial charge in [0.2, 0.25) is 0 Å². The third-order valence-electron chi connectivity index (χ3n) is 7.40. The van der Waals surface area contributed by atoms with Crippen LogP contribution in [0, 0.1) is 0 Å². The Labute approximate surface area is 218 Å². The summed E-state index contributed by atoms with van der Waals surface area (Å²) in [5, 5.41) is 0. The Kier molecular flexibility index (Phi) is 21.7. The van der Waals surface area contributed by atoms with Crippen LogP contribution in [0.1, 0.15) is 143 Å². The minimum absolute atomic E-state index is 0.379. The van der Waals surface area contributed by atoms with Crippen molar-refractivity contribution in [1.82, 2.24) is 0 Å². The van der Waals surface area contributed by atoms with Gasteiger partial charge in [-0.05, 0) is 46.0 Å². The molecule has 0 fully saturated rings. The molecule has 0 radical (unpaired) electrons. The highest BCUT2D eigenvalue weighted by Crippen LogP contribution is 2.39. The highest BCUT2D eigenvalue weighted by Gasteiger charge is 2.30. The molecule has 0 aromatic rings. The molecule has 0 aromatic carbocycles. The second-order valence-electron chi connectivity index (χ2n) is 11.4. The molecule has 0 amide bonds. The Bertz CT molecular complexity index is 545. The average Bonchev–Trinajstić information content (AvgIpc) is 2.76. The van der Waals surface area contributed by atoms with E-state index in [1.54, 1.807) is 0 Å². The Balaban J connectivity index is 3.63. The lowest BCUT2D eigenvalue weighted by Gasteiger charge is -2.37. The number of likely N-dealkylation sites (N-methyl/N-ethyl adjacent to an activating group) is 1. The molecule has 5 nitrogen and oxygen atoms in total. The van der Waals surface area contributed by atoms with Crippen LogP contribution >= 0.6 is 7.82 Å². The summed E-state index contributed by atoms with van der Waals surface area (Å²) in [4.78, 5) is 18.5. The van der Waals surface area contributed by atoms with Crippen LogP contribution < -0.4 is 0 Å². The number of phosphoric ester groups is 1. The molecule has 35 heavy (non-hydrogen) atoms. The number of nitrogens with zero attached hydrogens (tertiary/aromatic N) is 1. The molecular formula is C29H61NO4P+. The minimum Gasteiger partial charge on any atom is -0.324 e. The standard InChI is InChI=1S/C29H60NO4P/c1-6-7-8-9-10-11-12-13-14-15-16-17-18-19-20-21-22-23-24-25-26-29(34-35(31,32)33)27-30(4,5)28(2)3/h13-14,28-29H,6-12,15-27H2,1-5H3,(H-,31,32,33)/p+1. The molecule has 0 saturated carbocycles. The van der Waals surface area contributed by atoms with Crippen molar-refractivity contribution in [3.63, 3.8) is 0 Å². The Hall–Kier alpha value is -0.190. The van der Waals surface area contributed by atoms with E-state index in [1.165, 1.54) is 103 Å². The maximum absolute atomic E-state index is 11.4. The fourth-order valence-electron chi connectivity index (χ4n) is 4.43. The SMILES string of the molecule is CCCCCCCCC=CCCCCCCCCCCCCC(C[N+](C)(C)C(C)C)OP(=O)(O)O. The summed E-state index contributed by atoms with van der Waals surface area (Å²) in [6, 6.07) is 0.379. The van der Waals surface area contributed by atoms with Crippen molar-refractivity contribution in [2.24, 2.45) is 0 Å². The summed E-state index contributed by atoms with van der Waals surface area (Å²) in [5.41, 5.74) is 0. The Morgan fingerprint density at radius 2 is 1.11 bits per heavy atom. The van der Waals surface area contributed by atoms with Gasteiger partial charge in [0, 0.05) is 0 Å². The summed E-state index contributed by atoms with van der Waals surface area (Å²) in [7, 11) is -0.264. The van der Waals surface area contributed by atoms with Crippen molar-refractivity contribution in [3.05, 3.63) is 12.2 Å². The largest absolute Gasteiger partial charge is 0.470 e. The number of phosphoric acid groups is 1. The number of rotatable bonds is 25. The van der Waals surface area contributed by atoms with Gasteiger partial charge in [0.05, 0.1) is 20.1 Å². The fraction of sp³-hybridized carbons (Fsp3) is 0.931. The normalized spacial score (nSPS) is 13.8. The Morgan fingerprint density at radius 1 is 0.714 bits per heavy atom. The molecule has 0 rings (SSSR count). The topological polar surface area (TPSA) is 66.8 Å². The van der Waals surface area contributed by atoms with Crippen LogP contribution in [0.15, 0.2) is 12.2 Å². The zero-order valence-electron chi connectivity index (χ0n) is 24.1. The molecule has 0 spiro atoms. The van der Waals surface area contributed by atoms with E-state index in [0.29, 0.717) is 23.5 Å². The van der Waals surface area contributed by atoms with Gasteiger partial charge in [0.1, 0.15) is 12.6 Å². The van der Waals surface area contributed by atoms with Gasteiger partial charge in [-0.25, -0.2) is 4.57 Å². The third kappa shape index (κ3) is 23.9. The van der Waals surface area contributed by atoms with Gasteiger partial charge in [-0.1, -0.05) is 109 Å². The van der Waals surface area contributed by atoms with Crippen molar-refractivity contribution in [2.75, 3.05) is 20.6 Å². The average molecular weight is 519 g/mol. The summed E-state index contributed by atoms with van der Waals surface area (Å²) in [6.45, 7) is 7.15. The smallest absolute Gasteiger partial charge is 0.324 e. The van der Waals surface area contributed by atoms with Gasteiger partial charge >= 0.3 is 7.82 Å². The van der Waals surface area contributed by atoms with Crippen molar-refractivity contribution >= 4 is 7.82 Å². The van der Waals surface area contributed by atoms with Crippen LogP contribution in [0.4, 0.5) is 0 Å². The lowest BCUT2D eigenvalue weighted by atomic mass is 10.0. The molecule has 1 unspecified atom stereocenters. The zero-order valence-corrected chi connectivity index (χ0v) is 25.0. The first-order valence-electron chi connectivity index (χ1n) is 14.8. The quantitative estimate of drug-likeness (QED) is 0.0548. The summed E-state index contributed by atoms with van der Waals surface area (Å²) in [6.07, 6.45) is 28.5. The summed E-state index contributed by atoms with van der Waals surface area (Å²) in [5.74, 6) is 0. The van der Waals surface area contributed by atoms with E-state index in [2.05, 4.69) is 47.0 Å². The highest BCUT2D eigenvalue weighted by molar-refractivity contribution is 7.46. The van der Waals surface area contributed by atoms with E-state index in [4.69, 9.17) is 4.52 Å². The maximum Gasteiger partial charge on any atom is 0.470 e. The maximum atomic E-state index is 11.4. The van der Waals surface area contributed by atoms with Gasteiger partial charge in [0.25, 0.3) is 0 Å². The first-order chi connectivity index (χ1) is 16.6. The van der Waals surface area contributed by atoms with E-state index in [1.807, 2.05) is 0 Å². The van der Waals surface area contributed by atoms with Crippen LogP contribution in [-0.2, 0) is 9.09 Å². The van der Waals surface area contributed by atoms with E-state index >= 15 is 0 Å². The minimum atomic E-state index is -4.45. The van der Waals surface area contributed by atoms with Crippen LogP contribution in [-0.4, -0.2) is 47.1 Å². The van der Waals surface area contributed by atoms with Crippen molar-refractivity contribution in [3.8, 4) is 0 Å². The third-order valence-corrected chi connectivity index (χ3v) is 7.97. The van der Waals surface area contributed by atoms with Crippen LogP contribution in [0.3, 0.4) is 0 Å². The zero-order chi connectivity index (χ0) is 26.4. The first-order valence-corrected chi connectivity index (χ1v) is 16.3. The molecular weight excluding hydrogens is 457 g/mol. The molecule has 0 aliphatic rings. The van der Waals surface area contributed by atoms with Gasteiger partial charge in [-0.15, -0.1) is 0 Å². The first kappa shape index (κ1) is 34.8. The molecule has 0 heterocycles. The number of hydrogen-bond donors (Lipinski definition) is 2. The van der Waals surface area contributed by atoms with Crippen LogP contribution in [0.2, 0.25) is 0 Å². The lowest BCUT2D eigenvalue weighted by molar-refractivity contribution is -0.913. The van der Waals surface area contributed by atoms with E-state index in [9.17, 15) is 14.4 Å². The van der Waals surface area contributed by atoms with Gasteiger partial charge in [-0.3, -0.25) is 4.52 Å². The van der Waals surface area contributed by atoms with Crippen molar-refractivity contribution < 1.29 is 23.4 Å². The van der Waals surface area contributed by atoms with E-state index in [-0.39, 0.29) is 0 Å².